The molecule has 0 aromatic heterocycles. The molecule has 0 spiro atoms. The summed E-state index contributed by atoms with van der Waals surface area (Å²) in [7, 11) is -4.54. The Bertz CT molecular complexity index is 1860. The molecule has 7 N–H and O–H groups in total. The van der Waals surface area contributed by atoms with E-state index in [9.17, 15) is 23.2 Å². The average molecular weight is 702 g/mol. The van der Waals surface area contributed by atoms with Crippen molar-refractivity contribution in [2.75, 3.05) is 6.61 Å². The van der Waals surface area contributed by atoms with Crippen molar-refractivity contribution in [1.29, 1.82) is 0 Å². The first-order valence-corrected chi connectivity index (χ1v) is 19.2. The summed E-state index contributed by atoms with van der Waals surface area (Å²) in [5.41, 5.74) is 17.4. The van der Waals surface area contributed by atoms with Crippen molar-refractivity contribution in [3.8, 4) is 11.5 Å². The van der Waals surface area contributed by atoms with Gasteiger partial charge < -0.3 is 31.2 Å². The molecule has 1 saturated heterocycles. The molecule has 11 heteroatoms. The molecular weight excluding hydrogens is 655 g/mol. The molecule has 9 rings (SSSR count). The number of allylic oxidation sites excluding steroid dienone is 1. The van der Waals surface area contributed by atoms with Gasteiger partial charge in [-0.25, -0.2) is 4.99 Å². The highest BCUT2D eigenvalue weighted by Gasteiger charge is 2.48. The highest BCUT2D eigenvalue weighted by atomic mass is 32.2. The van der Waals surface area contributed by atoms with E-state index in [1.54, 1.807) is 12.1 Å². The summed E-state index contributed by atoms with van der Waals surface area (Å²) in [5.74, 6) is -0.0785. The number of nitrogens with two attached hydrogens (primary N) is 2. The molecule has 266 valence electrons. The van der Waals surface area contributed by atoms with Gasteiger partial charge >= 0.3 is 0 Å². The van der Waals surface area contributed by atoms with Crippen LogP contribution >= 0.6 is 0 Å². The molecule has 10 nitrogen and oxygen atoms in total. The van der Waals surface area contributed by atoms with Gasteiger partial charge in [-0.05, 0) is 121 Å². The van der Waals surface area contributed by atoms with Gasteiger partial charge in [0.25, 0.3) is 10.1 Å². The Kier molecular flexibility index (Phi) is 9.69. The lowest BCUT2D eigenvalue weighted by atomic mass is 9.64. The number of phenolic OH excluding ortho intramolecular Hbond substituents is 1. The Balaban J connectivity index is 1.43. The van der Waals surface area contributed by atoms with Crippen LogP contribution in [0, 0.1) is 17.8 Å². The molecule has 4 aliphatic heterocycles. The first-order valence-electron chi connectivity index (χ1n) is 17.7. The van der Waals surface area contributed by atoms with E-state index in [2.05, 4.69) is 18.0 Å². The normalized spacial score (nSPS) is 30.5. The molecule has 50 heavy (non-hydrogen) atoms. The largest absolute Gasteiger partial charge is 0.508 e. The van der Waals surface area contributed by atoms with Crippen molar-refractivity contribution >= 4 is 16.1 Å². The highest BCUT2D eigenvalue weighted by molar-refractivity contribution is 7.86. The van der Waals surface area contributed by atoms with Gasteiger partial charge in [0.1, 0.15) is 17.6 Å². The number of aliphatic imine (C=N–C) groups is 1. The summed E-state index contributed by atoms with van der Waals surface area (Å²) in [5, 5.41) is 18.7. The lowest BCUT2D eigenvalue weighted by molar-refractivity contribution is -0.00268. The van der Waals surface area contributed by atoms with Crippen LogP contribution in [0.15, 0.2) is 83.4 Å². The molecule has 6 aliphatic rings. The topological polar surface area (TPSA) is 178 Å². The van der Waals surface area contributed by atoms with Crippen molar-refractivity contribution < 1.29 is 32.7 Å². The quantitative estimate of drug-likeness (QED) is 0.0890. The molecule has 3 aromatic rings. The summed E-state index contributed by atoms with van der Waals surface area (Å²) < 4.78 is 51.9. The SMILES string of the molecule is C[C@@H]1CCc2cc3ccc2[C@@H]1C[C@@H](S(=O)(=O)O)[C@H]1C=C2C[C@H](C[C@H](CCCO)O[C@H]2c2ccc(O)cc2)[C@H]1c1ccc(cc1)[C@H](N=C(N)N)O3. The van der Waals surface area contributed by atoms with Crippen LogP contribution in [0.5, 0.6) is 11.5 Å². The monoisotopic (exact) mass is 701 g/mol. The molecule has 1 fully saturated rings. The van der Waals surface area contributed by atoms with Gasteiger partial charge in [0.15, 0.2) is 5.96 Å². The van der Waals surface area contributed by atoms with Gasteiger partial charge in [0, 0.05) is 18.1 Å². The summed E-state index contributed by atoms with van der Waals surface area (Å²) >= 11 is 0. The minimum absolute atomic E-state index is 0.0143. The second-order valence-electron chi connectivity index (χ2n) is 14.6. The fourth-order valence-electron chi connectivity index (χ4n) is 9.07. The van der Waals surface area contributed by atoms with Crippen molar-refractivity contribution in [2.24, 2.45) is 34.2 Å². The van der Waals surface area contributed by atoms with E-state index in [-0.39, 0.29) is 54.5 Å². The number of fused-ring (bicyclic) bond motifs is 4. The Morgan fingerprint density at radius 1 is 0.980 bits per heavy atom. The number of aliphatic hydroxyl groups excluding tert-OH is 1. The summed E-state index contributed by atoms with van der Waals surface area (Å²) in [6.45, 7) is 2.20. The predicted octanol–water partition coefficient (Wildman–Crippen LogP) is 6.02. The van der Waals surface area contributed by atoms with E-state index >= 15 is 0 Å². The standard InChI is InChI=1S/C39H47N3O7S/c1-22-4-5-26-18-31-14-15-32(26)33(22)21-35(50(45,46)47)34-20-28-17-27(36(34)23-6-8-25(9-7-23)38(49-31)42-39(40)41)19-30(3-2-16-43)48-37(28)24-10-12-29(44)13-11-24/h6-15,18,20,22,27,30,33-38,43-44H,2-5,16-17,19,21H2,1H3,(H4,40,41,42)(H,45,46,47)/t22-,27-,30+,33-,34-,35-,36-,37+,38-/m1/s1. The van der Waals surface area contributed by atoms with E-state index in [1.807, 2.05) is 54.6 Å². The number of aryl methyl sites for hydroxylation is 1. The average Bonchev–Trinajstić information content (AvgIpc) is 3.22. The molecule has 4 heterocycles. The van der Waals surface area contributed by atoms with Crippen molar-refractivity contribution in [2.45, 2.75) is 87.4 Å². The van der Waals surface area contributed by atoms with Crippen LogP contribution in [0.2, 0.25) is 0 Å². The van der Waals surface area contributed by atoms with Crippen molar-refractivity contribution in [3.63, 3.8) is 0 Å². The number of ether oxygens (including phenoxy) is 2. The minimum atomic E-state index is -4.54. The zero-order chi connectivity index (χ0) is 35.2. The van der Waals surface area contributed by atoms with E-state index in [0.717, 1.165) is 46.2 Å². The van der Waals surface area contributed by atoms with Gasteiger partial charge in [-0.1, -0.05) is 55.5 Å². The van der Waals surface area contributed by atoms with Crippen LogP contribution < -0.4 is 16.2 Å². The van der Waals surface area contributed by atoms with Crippen LogP contribution in [0.1, 0.15) is 97.4 Å². The second-order valence-corrected chi connectivity index (χ2v) is 16.2. The van der Waals surface area contributed by atoms with Gasteiger partial charge in [-0.2, -0.15) is 8.42 Å². The maximum atomic E-state index is 13.7. The third-order valence-corrected chi connectivity index (χ3v) is 12.7. The number of aliphatic hydroxyl groups is 1. The van der Waals surface area contributed by atoms with Gasteiger partial charge in [0.2, 0.25) is 6.23 Å². The number of hydrogen-bond donors (Lipinski definition) is 5. The highest BCUT2D eigenvalue weighted by Crippen LogP contribution is 2.54. The van der Waals surface area contributed by atoms with Crippen LogP contribution in [-0.4, -0.2) is 47.1 Å². The minimum Gasteiger partial charge on any atom is -0.508 e. The van der Waals surface area contributed by atoms with E-state index < -0.39 is 33.6 Å². The summed E-state index contributed by atoms with van der Waals surface area (Å²) in [6, 6.07) is 20.7. The summed E-state index contributed by atoms with van der Waals surface area (Å²) in [4.78, 5) is 4.41. The predicted molar refractivity (Wildman–Crippen MR) is 191 cm³/mol. The van der Waals surface area contributed by atoms with Crippen LogP contribution in [0.25, 0.3) is 0 Å². The second kappa shape index (κ2) is 14.0. The number of rotatable bonds is 6. The molecule has 0 radical (unpaired) electrons. The number of guanidine groups is 1. The smallest absolute Gasteiger partial charge is 0.268 e. The number of aromatic hydroxyl groups is 1. The number of benzene rings is 3. The Labute approximate surface area is 294 Å². The summed E-state index contributed by atoms with van der Waals surface area (Å²) in [6.07, 6.45) is 5.12. The maximum Gasteiger partial charge on any atom is 0.268 e. The van der Waals surface area contributed by atoms with Crippen molar-refractivity contribution in [1.82, 2.24) is 0 Å². The lowest BCUT2D eigenvalue weighted by Gasteiger charge is -2.42. The zero-order valence-electron chi connectivity index (χ0n) is 28.3. The van der Waals surface area contributed by atoms with Gasteiger partial charge in [-0.3, -0.25) is 4.55 Å². The molecule has 0 unspecified atom stereocenters. The van der Waals surface area contributed by atoms with Gasteiger partial charge in [-0.15, -0.1) is 0 Å². The van der Waals surface area contributed by atoms with E-state index in [4.69, 9.17) is 20.9 Å². The third kappa shape index (κ3) is 7.01. The number of hydrogen-bond acceptors (Lipinski definition) is 7. The van der Waals surface area contributed by atoms with E-state index in [1.165, 1.54) is 0 Å². The van der Waals surface area contributed by atoms with Crippen LogP contribution in [0.3, 0.4) is 0 Å². The Morgan fingerprint density at radius 2 is 1.70 bits per heavy atom. The Hall–Kier alpha value is -3.90. The molecular formula is C39H47N3O7S. The fraction of sp³-hybridized carbons (Fsp3) is 0.462. The Morgan fingerprint density at radius 3 is 2.40 bits per heavy atom. The molecule has 8 bridgehead atoms. The fourth-order valence-corrected chi connectivity index (χ4v) is 10.2. The number of phenols is 1. The zero-order valence-corrected chi connectivity index (χ0v) is 29.1. The molecule has 0 amide bonds. The first-order chi connectivity index (χ1) is 24.0. The van der Waals surface area contributed by atoms with Crippen LogP contribution in [0.4, 0.5) is 0 Å². The third-order valence-electron chi connectivity index (χ3n) is 11.4. The maximum absolute atomic E-state index is 13.7. The molecule has 0 saturated carbocycles. The lowest BCUT2D eigenvalue weighted by Crippen LogP contribution is -2.40. The van der Waals surface area contributed by atoms with Gasteiger partial charge in [0.05, 0.1) is 11.4 Å². The van der Waals surface area contributed by atoms with E-state index in [0.29, 0.717) is 31.4 Å². The molecule has 9 atom stereocenters. The van der Waals surface area contributed by atoms with Crippen LogP contribution in [-0.2, 0) is 21.3 Å². The molecule has 2 aliphatic carbocycles. The first kappa shape index (κ1) is 34.5. The molecule has 3 aromatic carbocycles. The van der Waals surface area contributed by atoms with Crippen molar-refractivity contribution in [3.05, 3.63) is 106 Å². The number of nitrogens with zero attached hydrogens (tertiary/aromatic N) is 1.